The first-order valence-corrected chi connectivity index (χ1v) is 12.1. The molecule has 1 fully saturated rings. The van der Waals surface area contributed by atoms with Crippen molar-refractivity contribution in [2.75, 3.05) is 31.9 Å². The molecule has 1 heterocycles. The Kier molecular flexibility index (Phi) is 9.17. The summed E-state index contributed by atoms with van der Waals surface area (Å²) in [5.41, 5.74) is 0.995. The van der Waals surface area contributed by atoms with Crippen LogP contribution in [0, 0.1) is 0 Å². The molecule has 1 amide bonds. The molecule has 33 heavy (non-hydrogen) atoms. The van der Waals surface area contributed by atoms with Crippen molar-refractivity contribution in [2.45, 2.75) is 31.3 Å². The second-order valence-electron chi connectivity index (χ2n) is 7.38. The van der Waals surface area contributed by atoms with Gasteiger partial charge in [-0.1, -0.05) is 30.1 Å². The van der Waals surface area contributed by atoms with Gasteiger partial charge in [0.2, 0.25) is 0 Å². The van der Waals surface area contributed by atoms with E-state index in [9.17, 15) is 18.0 Å². The average Bonchev–Trinajstić information content (AvgIpc) is 2.75. The fourth-order valence-electron chi connectivity index (χ4n) is 3.46. The number of benzene rings is 2. The van der Waals surface area contributed by atoms with E-state index in [0.29, 0.717) is 18.1 Å². The van der Waals surface area contributed by atoms with E-state index in [1.807, 2.05) is 17.9 Å². The SMILES string of the molecule is CCSc1ccc(Cl)cc1CNC(=O)c1cc(Cl)c(CN2CCNCC2)c(OC(F)(F)F)c1. The van der Waals surface area contributed by atoms with Crippen molar-refractivity contribution in [3.8, 4) is 5.75 Å². The quantitative estimate of drug-likeness (QED) is 0.459. The summed E-state index contributed by atoms with van der Waals surface area (Å²) >= 11 is 14.0. The Morgan fingerprint density at radius 2 is 1.94 bits per heavy atom. The number of carbonyl (C=O) groups excluding carboxylic acids is 1. The zero-order chi connectivity index (χ0) is 24.0. The molecule has 0 aliphatic carbocycles. The van der Waals surface area contributed by atoms with Crippen LogP contribution in [0.2, 0.25) is 10.0 Å². The summed E-state index contributed by atoms with van der Waals surface area (Å²) in [5.74, 6) is -0.195. The lowest BCUT2D eigenvalue weighted by Gasteiger charge is -2.28. The van der Waals surface area contributed by atoms with Gasteiger partial charge in [-0.2, -0.15) is 0 Å². The van der Waals surface area contributed by atoms with Crippen LogP contribution in [-0.4, -0.2) is 49.1 Å². The lowest BCUT2D eigenvalue weighted by Crippen LogP contribution is -2.43. The van der Waals surface area contributed by atoms with E-state index in [2.05, 4.69) is 15.4 Å². The number of halogens is 5. The third kappa shape index (κ3) is 7.68. The zero-order valence-electron chi connectivity index (χ0n) is 17.9. The highest BCUT2D eigenvalue weighted by molar-refractivity contribution is 7.99. The Hall–Kier alpha value is -1.65. The molecule has 0 spiro atoms. The van der Waals surface area contributed by atoms with Crippen molar-refractivity contribution in [1.29, 1.82) is 0 Å². The smallest absolute Gasteiger partial charge is 0.405 e. The van der Waals surface area contributed by atoms with Crippen LogP contribution in [0.1, 0.15) is 28.4 Å². The predicted octanol–water partition coefficient (Wildman–Crippen LogP) is 5.34. The zero-order valence-corrected chi connectivity index (χ0v) is 20.2. The van der Waals surface area contributed by atoms with Crippen LogP contribution in [0.5, 0.6) is 5.75 Å². The number of hydrogen-bond donors (Lipinski definition) is 2. The largest absolute Gasteiger partial charge is 0.573 e. The molecule has 1 aliphatic heterocycles. The van der Waals surface area contributed by atoms with Crippen molar-refractivity contribution in [3.63, 3.8) is 0 Å². The molecular formula is C22H24Cl2F3N3O2S. The van der Waals surface area contributed by atoms with Gasteiger partial charge in [-0.3, -0.25) is 9.69 Å². The summed E-state index contributed by atoms with van der Waals surface area (Å²) in [4.78, 5) is 15.7. The van der Waals surface area contributed by atoms with Gasteiger partial charge < -0.3 is 15.4 Å². The number of hydrogen-bond acceptors (Lipinski definition) is 5. The van der Waals surface area contributed by atoms with E-state index in [0.717, 1.165) is 35.4 Å². The Balaban J connectivity index is 1.82. The monoisotopic (exact) mass is 521 g/mol. The Bertz CT molecular complexity index is 986. The van der Waals surface area contributed by atoms with Gasteiger partial charge in [-0.05, 0) is 41.6 Å². The summed E-state index contributed by atoms with van der Waals surface area (Å²) < 4.78 is 43.5. The number of rotatable bonds is 8. The molecule has 5 nitrogen and oxygen atoms in total. The van der Waals surface area contributed by atoms with Crippen molar-refractivity contribution in [1.82, 2.24) is 15.5 Å². The number of ether oxygens (including phenoxy) is 1. The number of nitrogens with one attached hydrogen (secondary N) is 2. The molecule has 11 heteroatoms. The third-order valence-electron chi connectivity index (χ3n) is 5.00. The van der Waals surface area contributed by atoms with Gasteiger partial charge in [0.15, 0.2) is 0 Å². The number of alkyl halides is 3. The highest BCUT2D eigenvalue weighted by Gasteiger charge is 2.33. The summed E-state index contributed by atoms with van der Waals surface area (Å²) in [6.07, 6.45) is -4.91. The van der Waals surface area contributed by atoms with Gasteiger partial charge in [-0.15, -0.1) is 24.9 Å². The van der Waals surface area contributed by atoms with E-state index in [-0.39, 0.29) is 29.2 Å². The standard InChI is InChI=1S/C22H24Cl2F3N3O2S/c1-2-33-20-4-3-16(23)9-15(20)12-29-21(31)14-10-18(24)17(13-30-7-5-28-6-8-30)19(11-14)32-22(25,26)27/h3-4,9-11,28H,2,5-8,12-13H2,1H3,(H,29,31). The number of piperazine rings is 1. The summed E-state index contributed by atoms with van der Waals surface area (Å²) in [6, 6.07) is 7.85. The Morgan fingerprint density at radius 1 is 1.21 bits per heavy atom. The van der Waals surface area contributed by atoms with Gasteiger partial charge in [0.25, 0.3) is 5.91 Å². The molecule has 0 bridgehead atoms. The van der Waals surface area contributed by atoms with Crippen LogP contribution in [-0.2, 0) is 13.1 Å². The molecule has 2 aromatic carbocycles. The number of carbonyl (C=O) groups is 1. The highest BCUT2D eigenvalue weighted by Crippen LogP contribution is 2.34. The van der Waals surface area contributed by atoms with Crippen LogP contribution in [0.4, 0.5) is 13.2 Å². The number of thioether (sulfide) groups is 1. The van der Waals surface area contributed by atoms with Crippen LogP contribution >= 0.6 is 35.0 Å². The molecular weight excluding hydrogens is 498 g/mol. The van der Waals surface area contributed by atoms with Crippen LogP contribution in [0.25, 0.3) is 0 Å². The van der Waals surface area contributed by atoms with E-state index in [1.165, 1.54) is 6.07 Å². The maximum atomic E-state index is 13.1. The van der Waals surface area contributed by atoms with E-state index in [1.54, 1.807) is 23.9 Å². The molecule has 0 atom stereocenters. The summed E-state index contributed by atoms with van der Waals surface area (Å²) in [5, 5.41) is 6.50. The van der Waals surface area contributed by atoms with Gasteiger partial charge in [0.05, 0.1) is 0 Å². The number of amides is 1. The third-order valence-corrected chi connectivity index (χ3v) is 6.57. The fraction of sp³-hybridized carbons (Fsp3) is 0.409. The molecule has 0 unspecified atom stereocenters. The predicted molar refractivity (Wildman–Crippen MR) is 125 cm³/mol. The van der Waals surface area contributed by atoms with Gasteiger partial charge in [-0.25, -0.2) is 0 Å². The minimum absolute atomic E-state index is 0.0185. The molecule has 0 radical (unpaired) electrons. The Morgan fingerprint density at radius 3 is 2.61 bits per heavy atom. The van der Waals surface area contributed by atoms with Gasteiger partial charge >= 0.3 is 6.36 Å². The van der Waals surface area contributed by atoms with Crippen LogP contribution in [0.3, 0.4) is 0 Å². The Labute approximate surface area is 204 Å². The van der Waals surface area contributed by atoms with Crippen molar-refractivity contribution < 1.29 is 22.7 Å². The fourth-order valence-corrected chi connectivity index (χ4v) is 4.72. The lowest BCUT2D eigenvalue weighted by molar-refractivity contribution is -0.275. The van der Waals surface area contributed by atoms with Crippen LogP contribution < -0.4 is 15.4 Å². The molecule has 2 aromatic rings. The first-order chi connectivity index (χ1) is 15.7. The maximum Gasteiger partial charge on any atom is 0.573 e. The molecule has 2 N–H and O–H groups in total. The van der Waals surface area contributed by atoms with Crippen molar-refractivity contribution in [2.24, 2.45) is 0 Å². The average molecular weight is 522 g/mol. The topological polar surface area (TPSA) is 53.6 Å². The summed E-state index contributed by atoms with van der Waals surface area (Å²) in [6.45, 7) is 5.16. The van der Waals surface area contributed by atoms with E-state index in [4.69, 9.17) is 23.2 Å². The van der Waals surface area contributed by atoms with E-state index >= 15 is 0 Å². The van der Waals surface area contributed by atoms with E-state index < -0.39 is 18.0 Å². The second kappa shape index (κ2) is 11.7. The molecule has 0 saturated carbocycles. The minimum atomic E-state index is -4.91. The first-order valence-electron chi connectivity index (χ1n) is 10.4. The normalized spacial score (nSPS) is 14.8. The summed E-state index contributed by atoms with van der Waals surface area (Å²) in [7, 11) is 0. The maximum absolute atomic E-state index is 13.1. The van der Waals surface area contributed by atoms with Gasteiger partial charge in [0.1, 0.15) is 5.75 Å². The second-order valence-corrected chi connectivity index (χ2v) is 9.53. The van der Waals surface area contributed by atoms with Gasteiger partial charge in [0, 0.05) is 65.3 Å². The van der Waals surface area contributed by atoms with Crippen molar-refractivity contribution in [3.05, 3.63) is 57.1 Å². The lowest BCUT2D eigenvalue weighted by atomic mass is 10.1. The highest BCUT2D eigenvalue weighted by atomic mass is 35.5. The number of nitrogens with zero attached hydrogens (tertiary/aromatic N) is 1. The van der Waals surface area contributed by atoms with Crippen LogP contribution in [0.15, 0.2) is 35.2 Å². The molecule has 0 aromatic heterocycles. The molecule has 1 saturated heterocycles. The van der Waals surface area contributed by atoms with Crippen molar-refractivity contribution >= 4 is 40.9 Å². The first kappa shape index (κ1) is 26.0. The molecule has 180 valence electrons. The molecule has 3 rings (SSSR count). The minimum Gasteiger partial charge on any atom is -0.405 e. The molecule has 1 aliphatic rings.